The maximum Gasteiger partial charge on any atom is 0.308 e. The van der Waals surface area contributed by atoms with Crippen LogP contribution in [0.15, 0.2) is 18.2 Å². The monoisotopic (exact) mass is 366 g/mol. The molecule has 2 aliphatic heterocycles. The fourth-order valence-corrected chi connectivity index (χ4v) is 5.15. The lowest BCUT2D eigenvalue weighted by molar-refractivity contribution is -0.142. The molecule has 0 aliphatic carbocycles. The Kier molecular flexibility index (Phi) is 4.49. The van der Waals surface area contributed by atoms with Crippen molar-refractivity contribution in [3.8, 4) is 0 Å². The molecule has 1 aromatic carbocycles. The Morgan fingerprint density at radius 1 is 1.24 bits per heavy atom. The minimum absolute atomic E-state index is 0.0872. The average molecular weight is 366 g/mol. The molecule has 0 radical (unpaired) electrons. The molecule has 2 heterocycles. The second kappa shape index (κ2) is 6.33. The number of carbonyl (C=O) groups is 2. The molecule has 2 fully saturated rings. The topological polar surface area (TPSA) is 95.0 Å². The smallest absolute Gasteiger partial charge is 0.308 e. The predicted molar refractivity (Wildman–Crippen MR) is 93.1 cm³/mol. The van der Waals surface area contributed by atoms with E-state index in [2.05, 4.69) is 0 Å². The minimum Gasteiger partial charge on any atom is -0.481 e. The zero-order valence-corrected chi connectivity index (χ0v) is 15.1. The molecule has 2 saturated heterocycles. The number of likely N-dealkylation sites (tertiary alicyclic amines) is 1. The van der Waals surface area contributed by atoms with Crippen molar-refractivity contribution in [3.05, 3.63) is 29.3 Å². The van der Waals surface area contributed by atoms with Crippen molar-refractivity contribution >= 4 is 27.6 Å². The molecule has 7 nitrogen and oxygen atoms in total. The van der Waals surface area contributed by atoms with E-state index in [4.69, 9.17) is 0 Å². The predicted octanol–water partition coefficient (Wildman–Crippen LogP) is 1.33. The Labute approximate surface area is 147 Å². The van der Waals surface area contributed by atoms with Crippen LogP contribution in [0.25, 0.3) is 0 Å². The van der Waals surface area contributed by atoms with Gasteiger partial charge in [-0.3, -0.25) is 13.9 Å². The van der Waals surface area contributed by atoms with E-state index in [-0.39, 0.29) is 24.1 Å². The normalized spacial score (nSPS) is 25.4. The molecular formula is C17H22N2O5S. The van der Waals surface area contributed by atoms with E-state index in [1.54, 1.807) is 30.0 Å². The summed E-state index contributed by atoms with van der Waals surface area (Å²) in [5.74, 6) is -1.57. The van der Waals surface area contributed by atoms with Crippen LogP contribution in [0.5, 0.6) is 0 Å². The third-order valence-corrected chi connectivity index (χ3v) is 6.91. The second-order valence-electron chi connectivity index (χ2n) is 6.87. The lowest BCUT2D eigenvalue weighted by Gasteiger charge is -2.20. The van der Waals surface area contributed by atoms with Crippen molar-refractivity contribution in [2.24, 2.45) is 11.8 Å². The Bertz CT molecular complexity index is 820. The lowest BCUT2D eigenvalue weighted by atomic mass is 9.99. The van der Waals surface area contributed by atoms with Crippen molar-refractivity contribution < 1.29 is 23.1 Å². The van der Waals surface area contributed by atoms with E-state index >= 15 is 0 Å². The molecule has 136 valence electrons. The molecule has 25 heavy (non-hydrogen) atoms. The molecule has 8 heteroatoms. The van der Waals surface area contributed by atoms with E-state index in [1.165, 1.54) is 4.31 Å². The van der Waals surface area contributed by atoms with Gasteiger partial charge in [-0.25, -0.2) is 8.42 Å². The lowest BCUT2D eigenvalue weighted by Crippen LogP contribution is -2.30. The highest BCUT2D eigenvalue weighted by atomic mass is 32.2. The Balaban J connectivity index is 1.82. The van der Waals surface area contributed by atoms with Crippen LogP contribution < -0.4 is 4.31 Å². The second-order valence-corrected chi connectivity index (χ2v) is 8.89. The summed E-state index contributed by atoms with van der Waals surface area (Å²) in [7, 11) is -3.26. The van der Waals surface area contributed by atoms with E-state index in [0.29, 0.717) is 36.3 Å². The van der Waals surface area contributed by atoms with Gasteiger partial charge < -0.3 is 10.0 Å². The number of nitrogens with zero attached hydrogens (tertiary/aromatic N) is 2. The average Bonchev–Trinajstić information content (AvgIpc) is 3.08. The summed E-state index contributed by atoms with van der Waals surface area (Å²) in [6.45, 7) is 4.68. The van der Waals surface area contributed by atoms with Gasteiger partial charge in [-0.15, -0.1) is 0 Å². The highest BCUT2D eigenvalue weighted by Crippen LogP contribution is 2.29. The maximum absolute atomic E-state index is 12.7. The molecule has 3 rings (SSSR count). The van der Waals surface area contributed by atoms with E-state index < -0.39 is 21.9 Å². The van der Waals surface area contributed by atoms with Crippen LogP contribution in [0, 0.1) is 18.8 Å². The van der Waals surface area contributed by atoms with E-state index in [1.807, 2.05) is 6.92 Å². The van der Waals surface area contributed by atoms with E-state index in [0.717, 1.165) is 0 Å². The zero-order valence-electron chi connectivity index (χ0n) is 14.3. The molecule has 0 bridgehead atoms. The van der Waals surface area contributed by atoms with Crippen molar-refractivity contribution in [1.82, 2.24) is 4.90 Å². The Morgan fingerprint density at radius 3 is 2.48 bits per heavy atom. The van der Waals surface area contributed by atoms with Gasteiger partial charge in [0.2, 0.25) is 10.0 Å². The summed E-state index contributed by atoms with van der Waals surface area (Å²) >= 11 is 0. The van der Waals surface area contributed by atoms with Gasteiger partial charge in [0.1, 0.15) is 0 Å². The molecule has 0 saturated carbocycles. The van der Waals surface area contributed by atoms with Gasteiger partial charge in [0.25, 0.3) is 5.91 Å². The van der Waals surface area contributed by atoms with Crippen molar-refractivity contribution in [2.45, 2.75) is 20.3 Å². The van der Waals surface area contributed by atoms with Gasteiger partial charge in [-0.2, -0.15) is 0 Å². The zero-order chi connectivity index (χ0) is 18.4. The van der Waals surface area contributed by atoms with Crippen LogP contribution in [0.4, 0.5) is 5.69 Å². The fraction of sp³-hybridized carbons (Fsp3) is 0.529. The quantitative estimate of drug-likeness (QED) is 0.871. The van der Waals surface area contributed by atoms with Crippen LogP contribution in [-0.2, 0) is 14.8 Å². The number of carboxylic acids is 1. The van der Waals surface area contributed by atoms with Crippen LogP contribution in [0.2, 0.25) is 0 Å². The number of hydrogen-bond donors (Lipinski definition) is 1. The number of carbonyl (C=O) groups excluding carboxylic acids is 1. The summed E-state index contributed by atoms with van der Waals surface area (Å²) in [5, 5.41) is 9.21. The first-order chi connectivity index (χ1) is 11.7. The number of aryl methyl sites for hydroxylation is 1. The summed E-state index contributed by atoms with van der Waals surface area (Å²) in [4.78, 5) is 25.5. The highest BCUT2D eigenvalue weighted by molar-refractivity contribution is 7.93. The first-order valence-corrected chi connectivity index (χ1v) is 9.95. The third kappa shape index (κ3) is 3.22. The van der Waals surface area contributed by atoms with Crippen molar-refractivity contribution in [3.63, 3.8) is 0 Å². The van der Waals surface area contributed by atoms with Gasteiger partial charge in [-0.1, -0.05) is 6.92 Å². The standard InChI is InChI=1S/C17H22N2O5S/c1-11-8-13(19-6-3-7-25(19,23)24)4-5-14(11)16(20)18-9-12(2)15(10-18)17(21)22/h4-5,8,12,15H,3,6-7,9-10H2,1-2H3,(H,21,22)/t12-,15-/m1/s1. The van der Waals surface area contributed by atoms with Gasteiger partial charge in [0.15, 0.2) is 0 Å². The molecule has 0 aromatic heterocycles. The Hall–Kier alpha value is -2.09. The van der Waals surface area contributed by atoms with Gasteiger partial charge >= 0.3 is 5.97 Å². The molecule has 1 N–H and O–H groups in total. The van der Waals surface area contributed by atoms with E-state index in [9.17, 15) is 23.1 Å². The number of carboxylic acid groups (broad SMARTS) is 1. The summed E-state index contributed by atoms with van der Waals surface area (Å²) < 4.78 is 25.4. The maximum atomic E-state index is 12.7. The summed E-state index contributed by atoms with van der Waals surface area (Å²) in [6.07, 6.45) is 0.601. The Morgan fingerprint density at radius 2 is 1.96 bits per heavy atom. The number of amides is 1. The van der Waals surface area contributed by atoms with Crippen LogP contribution in [0.1, 0.15) is 29.3 Å². The van der Waals surface area contributed by atoms with Crippen LogP contribution in [-0.4, -0.2) is 55.7 Å². The van der Waals surface area contributed by atoms with Crippen LogP contribution >= 0.6 is 0 Å². The van der Waals surface area contributed by atoms with Gasteiger partial charge in [0.05, 0.1) is 17.4 Å². The summed E-state index contributed by atoms with van der Waals surface area (Å²) in [5.41, 5.74) is 1.75. The van der Waals surface area contributed by atoms with Crippen molar-refractivity contribution in [2.75, 3.05) is 29.7 Å². The minimum atomic E-state index is -3.26. The molecule has 0 spiro atoms. The number of anilines is 1. The highest BCUT2D eigenvalue weighted by Gasteiger charge is 2.37. The molecular weight excluding hydrogens is 344 g/mol. The first-order valence-electron chi connectivity index (χ1n) is 8.34. The van der Waals surface area contributed by atoms with Crippen LogP contribution in [0.3, 0.4) is 0 Å². The number of rotatable bonds is 3. The first kappa shape index (κ1) is 17.7. The molecule has 2 atom stereocenters. The number of aliphatic carboxylic acids is 1. The van der Waals surface area contributed by atoms with Crippen molar-refractivity contribution in [1.29, 1.82) is 0 Å². The third-order valence-electron chi connectivity index (χ3n) is 5.04. The largest absolute Gasteiger partial charge is 0.481 e. The molecule has 1 amide bonds. The van der Waals surface area contributed by atoms with Gasteiger partial charge in [0, 0.05) is 25.2 Å². The number of hydrogen-bond acceptors (Lipinski definition) is 4. The molecule has 1 aromatic rings. The molecule has 2 aliphatic rings. The number of benzene rings is 1. The number of sulfonamides is 1. The SMILES string of the molecule is Cc1cc(N2CCCS2(=O)=O)ccc1C(=O)N1C[C@@H](C)[C@H](C(=O)O)C1. The molecule has 0 unspecified atom stereocenters. The summed E-state index contributed by atoms with van der Waals surface area (Å²) in [6, 6.07) is 5.00. The fourth-order valence-electron chi connectivity index (χ4n) is 3.60. The van der Waals surface area contributed by atoms with Gasteiger partial charge in [-0.05, 0) is 43.0 Å².